The lowest BCUT2D eigenvalue weighted by Gasteiger charge is -2.38. The first-order chi connectivity index (χ1) is 13.2. The summed E-state index contributed by atoms with van der Waals surface area (Å²) in [5.74, 6) is 2.53. The van der Waals surface area contributed by atoms with E-state index in [2.05, 4.69) is 21.6 Å². The van der Waals surface area contributed by atoms with Gasteiger partial charge in [0.25, 0.3) is 0 Å². The van der Waals surface area contributed by atoms with Crippen molar-refractivity contribution < 1.29 is 14.3 Å². The van der Waals surface area contributed by atoms with Gasteiger partial charge in [0.2, 0.25) is 5.91 Å². The molecule has 2 atom stereocenters. The second kappa shape index (κ2) is 9.22. The van der Waals surface area contributed by atoms with Crippen molar-refractivity contribution in [3.05, 3.63) is 0 Å². The zero-order valence-corrected chi connectivity index (χ0v) is 18.7. The number of piperazine rings is 1. The van der Waals surface area contributed by atoms with Gasteiger partial charge < -0.3 is 14.5 Å². The van der Waals surface area contributed by atoms with Gasteiger partial charge in [-0.1, -0.05) is 0 Å². The second-order valence-electron chi connectivity index (χ2n) is 9.05. The number of carbonyl (C=O) groups is 2. The summed E-state index contributed by atoms with van der Waals surface area (Å²) >= 11 is 1.97. The first-order valence-corrected chi connectivity index (χ1v) is 11.7. The molecule has 0 aromatic heterocycles. The standard InChI is InChI=1S/C20H36N4O3S/c1-16(21-11-13-28-14-12-21)18(25)24-6-5-17(15-24)22-7-9-23(10-8-22)19(26)27-20(2,3)4/h16-17H,5-15H2,1-4H3/t16-,17+/m0/s1. The van der Waals surface area contributed by atoms with E-state index in [1.54, 1.807) is 4.90 Å². The van der Waals surface area contributed by atoms with Gasteiger partial charge in [0.1, 0.15) is 5.60 Å². The molecule has 3 saturated heterocycles. The quantitative estimate of drug-likeness (QED) is 0.702. The summed E-state index contributed by atoms with van der Waals surface area (Å²) < 4.78 is 5.48. The van der Waals surface area contributed by atoms with Crippen LogP contribution in [0.15, 0.2) is 0 Å². The van der Waals surface area contributed by atoms with Crippen LogP contribution < -0.4 is 0 Å². The fourth-order valence-electron chi connectivity index (χ4n) is 4.22. The van der Waals surface area contributed by atoms with Crippen molar-refractivity contribution in [2.45, 2.75) is 51.8 Å². The van der Waals surface area contributed by atoms with Gasteiger partial charge in [0.15, 0.2) is 0 Å². The number of hydrogen-bond acceptors (Lipinski definition) is 6. The van der Waals surface area contributed by atoms with E-state index in [1.807, 2.05) is 32.5 Å². The average molecular weight is 413 g/mol. The number of thioether (sulfide) groups is 1. The maximum absolute atomic E-state index is 12.9. The molecule has 0 aromatic rings. The molecule has 3 heterocycles. The first kappa shape index (κ1) is 21.7. The molecular weight excluding hydrogens is 376 g/mol. The van der Waals surface area contributed by atoms with Crippen LogP contribution in [-0.2, 0) is 9.53 Å². The third-order valence-electron chi connectivity index (χ3n) is 5.91. The van der Waals surface area contributed by atoms with Crippen LogP contribution in [0.4, 0.5) is 4.79 Å². The molecule has 0 aromatic carbocycles. The van der Waals surface area contributed by atoms with Crippen LogP contribution in [0.25, 0.3) is 0 Å². The number of carbonyl (C=O) groups excluding carboxylic acids is 2. The molecule has 8 heteroatoms. The van der Waals surface area contributed by atoms with Crippen molar-refractivity contribution in [1.29, 1.82) is 0 Å². The van der Waals surface area contributed by atoms with Crippen molar-refractivity contribution in [3.8, 4) is 0 Å². The van der Waals surface area contributed by atoms with Crippen LogP contribution >= 0.6 is 11.8 Å². The van der Waals surface area contributed by atoms with Crippen molar-refractivity contribution in [3.63, 3.8) is 0 Å². The van der Waals surface area contributed by atoms with Crippen LogP contribution in [0.3, 0.4) is 0 Å². The predicted molar refractivity (Wildman–Crippen MR) is 113 cm³/mol. The Labute approximate surface area is 173 Å². The lowest BCUT2D eigenvalue weighted by atomic mass is 10.2. The van der Waals surface area contributed by atoms with Gasteiger partial charge in [-0.2, -0.15) is 11.8 Å². The van der Waals surface area contributed by atoms with Crippen LogP contribution in [0.2, 0.25) is 0 Å². The number of likely N-dealkylation sites (tertiary alicyclic amines) is 1. The van der Waals surface area contributed by atoms with Crippen molar-refractivity contribution in [2.75, 3.05) is 63.9 Å². The highest BCUT2D eigenvalue weighted by Crippen LogP contribution is 2.21. The molecule has 3 aliphatic heterocycles. The fraction of sp³-hybridized carbons (Fsp3) is 0.900. The van der Waals surface area contributed by atoms with Crippen LogP contribution in [0.1, 0.15) is 34.1 Å². The van der Waals surface area contributed by atoms with E-state index in [0.717, 1.165) is 57.2 Å². The second-order valence-corrected chi connectivity index (χ2v) is 10.3. The smallest absolute Gasteiger partial charge is 0.410 e. The molecule has 3 aliphatic rings. The minimum atomic E-state index is -0.454. The molecule has 0 saturated carbocycles. The summed E-state index contributed by atoms with van der Waals surface area (Å²) in [7, 11) is 0. The van der Waals surface area contributed by atoms with Crippen LogP contribution in [0.5, 0.6) is 0 Å². The zero-order chi connectivity index (χ0) is 20.3. The first-order valence-electron chi connectivity index (χ1n) is 10.6. The third kappa shape index (κ3) is 5.54. The third-order valence-corrected chi connectivity index (χ3v) is 6.85. The summed E-state index contributed by atoms with van der Waals surface area (Å²) in [4.78, 5) is 33.8. The molecule has 28 heavy (non-hydrogen) atoms. The minimum absolute atomic E-state index is 0.0105. The van der Waals surface area contributed by atoms with E-state index in [1.165, 1.54) is 0 Å². The van der Waals surface area contributed by atoms with Gasteiger partial charge in [0, 0.05) is 69.9 Å². The van der Waals surface area contributed by atoms with E-state index in [0.29, 0.717) is 19.1 Å². The van der Waals surface area contributed by atoms with E-state index in [9.17, 15) is 9.59 Å². The lowest BCUT2D eigenvalue weighted by Crippen LogP contribution is -2.54. The molecule has 0 aliphatic carbocycles. The molecule has 3 fully saturated rings. The summed E-state index contributed by atoms with van der Waals surface area (Å²) in [5, 5.41) is 0. The Kier molecular flexibility index (Phi) is 7.15. The monoisotopic (exact) mass is 412 g/mol. The number of nitrogens with zero attached hydrogens (tertiary/aromatic N) is 4. The highest BCUT2D eigenvalue weighted by Gasteiger charge is 2.36. The Morgan fingerprint density at radius 2 is 1.61 bits per heavy atom. The van der Waals surface area contributed by atoms with Crippen LogP contribution in [0, 0.1) is 0 Å². The van der Waals surface area contributed by atoms with Gasteiger partial charge in [0.05, 0.1) is 6.04 Å². The predicted octanol–water partition coefficient (Wildman–Crippen LogP) is 1.58. The molecule has 0 unspecified atom stereocenters. The highest BCUT2D eigenvalue weighted by molar-refractivity contribution is 7.99. The SMILES string of the molecule is C[C@@H](C(=O)N1CC[C@@H](N2CCN(C(=O)OC(C)(C)C)CC2)C1)N1CCSCC1. The summed E-state index contributed by atoms with van der Waals surface area (Å²) in [6, 6.07) is 0.400. The van der Waals surface area contributed by atoms with E-state index in [-0.39, 0.29) is 18.0 Å². The molecule has 0 N–H and O–H groups in total. The summed E-state index contributed by atoms with van der Waals surface area (Å²) in [6.07, 6.45) is 0.810. The highest BCUT2D eigenvalue weighted by atomic mass is 32.2. The Morgan fingerprint density at radius 1 is 0.964 bits per heavy atom. The Balaban J connectivity index is 1.44. The summed E-state index contributed by atoms with van der Waals surface area (Å²) in [5.41, 5.74) is -0.454. The number of ether oxygens (including phenoxy) is 1. The van der Waals surface area contributed by atoms with Gasteiger partial charge in [-0.3, -0.25) is 14.6 Å². The molecule has 3 rings (SSSR count). The zero-order valence-electron chi connectivity index (χ0n) is 17.9. The van der Waals surface area contributed by atoms with Crippen molar-refractivity contribution in [2.24, 2.45) is 0 Å². The Bertz CT molecular complexity index is 554. The number of amides is 2. The molecule has 7 nitrogen and oxygen atoms in total. The maximum atomic E-state index is 12.9. The molecule has 0 bridgehead atoms. The molecule has 0 spiro atoms. The maximum Gasteiger partial charge on any atom is 0.410 e. The number of hydrogen-bond donors (Lipinski definition) is 0. The normalized spacial score (nSPS) is 26.4. The van der Waals surface area contributed by atoms with E-state index in [4.69, 9.17) is 4.74 Å². The largest absolute Gasteiger partial charge is 0.444 e. The summed E-state index contributed by atoms with van der Waals surface area (Å²) in [6.45, 7) is 14.5. The minimum Gasteiger partial charge on any atom is -0.444 e. The van der Waals surface area contributed by atoms with Gasteiger partial charge in [-0.05, 0) is 34.1 Å². The van der Waals surface area contributed by atoms with Gasteiger partial charge >= 0.3 is 6.09 Å². The molecule has 2 amide bonds. The topological polar surface area (TPSA) is 56.3 Å². The fourth-order valence-corrected chi connectivity index (χ4v) is 5.15. The molecule has 0 radical (unpaired) electrons. The van der Waals surface area contributed by atoms with Crippen LogP contribution in [-0.4, -0.2) is 113 Å². The van der Waals surface area contributed by atoms with E-state index >= 15 is 0 Å². The van der Waals surface area contributed by atoms with Gasteiger partial charge in [-0.15, -0.1) is 0 Å². The Hall–Kier alpha value is -0.990. The average Bonchev–Trinajstić information content (AvgIpc) is 3.16. The van der Waals surface area contributed by atoms with Crippen molar-refractivity contribution >= 4 is 23.8 Å². The number of rotatable bonds is 3. The molecule has 160 valence electrons. The van der Waals surface area contributed by atoms with Crippen molar-refractivity contribution in [1.82, 2.24) is 19.6 Å². The Morgan fingerprint density at radius 3 is 2.21 bits per heavy atom. The van der Waals surface area contributed by atoms with Gasteiger partial charge in [-0.25, -0.2) is 4.79 Å². The van der Waals surface area contributed by atoms with E-state index < -0.39 is 5.60 Å². The molecular formula is C20H36N4O3S. The lowest BCUT2D eigenvalue weighted by molar-refractivity contribution is -0.135.